The number of allylic oxidation sites excluding steroid dienone is 3. The minimum Gasteiger partial charge on any atom is -0.497 e. The molecule has 2 aromatic carbocycles. The standard InChI is InChI=1S/C30H27F2N7O3/c1-41-21-11-8-19(25(14-21)42-2)16-38-17-24-27(30(38)40)29(36-28(35-24)26-22(31)4-3-5-23(26)32)34-20-9-6-18(7-10-20)15-39-13-12-33-37-39/h3-6,8-14,18H,7,15-17H2,1-2H3,(H,34,35,36). The van der Waals surface area contributed by atoms with E-state index in [0.29, 0.717) is 35.9 Å². The molecule has 1 aliphatic heterocycles. The molecule has 6 rings (SSSR count). The van der Waals surface area contributed by atoms with Crippen LogP contribution >= 0.6 is 0 Å². The number of nitrogens with zero attached hydrogens (tertiary/aromatic N) is 6. The van der Waals surface area contributed by atoms with Crippen LogP contribution in [0.5, 0.6) is 11.5 Å². The summed E-state index contributed by atoms with van der Waals surface area (Å²) in [4.78, 5) is 24.3. The van der Waals surface area contributed by atoms with Crippen LogP contribution in [0, 0.1) is 17.6 Å². The summed E-state index contributed by atoms with van der Waals surface area (Å²) in [7, 11) is 3.11. The van der Waals surface area contributed by atoms with Crippen molar-refractivity contribution in [2.75, 3.05) is 19.5 Å². The van der Waals surface area contributed by atoms with Crippen LogP contribution in [0.1, 0.15) is 28.0 Å². The fourth-order valence-corrected chi connectivity index (χ4v) is 5.09. The van der Waals surface area contributed by atoms with Crippen molar-refractivity contribution in [2.24, 2.45) is 5.92 Å². The molecule has 214 valence electrons. The molecule has 0 fully saturated rings. The molecule has 1 aliphatic carbocycles. The van der Waals surface area contributed by atoms with Crippen molar-refractivity contribution in [1.29, 1.82) is 0 Å². The van der Waals surface area contributed by atoms with Gasteiger partial charge in [0.2, 0.25) is 0 Å². The Morgan fingerprint density at radius 2 is 1.90 bits per heavy atom. The summed E-state index contributed by atoms with van der Waals surface area (Å²) < 4.78 is 42.1. The van der Waals surface area contributed by atoms with Crippen LogP contribution in [0.15, 0.2) is 72.7 Å². The molecule has 1 amide bonds. The highest BCUT2D eigenvalue weighted by Crippen LogP contribution is 2.35. The molecule has 0 saturated carbocycles. The zero-order valence-corrected chi connectivity index (χ0v) is 22.9. The number of hydrogen-bond donors (Lipinski definition) is 1. The van der Waals surface area contributed by atoms with Crippen molar-refractivity contribution in [3.8, 4) is 22.9 Å². The van der Waals surface area contributed by atoms with Gasteiger partial charge >= 0.3 is 0 Å². The normalized spacial score (nSPS) is 15.9. The average Bonchev–Trinajstić information content (AvgIpc) is 3.61. The van der Waals surface area contributed by atoms with Crippen LogP contribution in [0.3, 0.4) is 0 Å². The van der Waals surface area contributed by atoms with Crippen molar-refractivity contribution < 1.29 is 23.0 Å². The van der Waals surface area contributed by atoms with Crippen LogP contribution in [0.2, 0.25) is 0 Å². The van der Waals surface area contributed by atoms with Gasteiger partial charge in [0, 0.05) is 36.0 Å². The van der Waals surface area contributed by atoms with Crippen molar-refractivity contribution >= 4 is 11.7 Å². The van der Waals surface area contributed by atoms with E-state index in [1.165, 1.54) is 6.07 Å². The highest BCUT2D eigenvalue weighted by Gasteiger charge is 2.34. The first kappa shape index (κ1) is 27.1. The van der Waals surface area contributed by atoms with Gasteiger partial charge in [0.05, 0.1) is 44.8 Å². The molecule has 2 aliphatic rings. The zero-order chi connectivity index (χ0) is 29.2. The van der Waals surface area contributed by atoms with Gasteiger partial charge in [0.25, 0.3) is 5.91 Å². The molecule has 4 aromatic rings. The number of anilines is 1. The zero-order valence-electron chi connectivity index (χ0n) is 22.9. The Kier molecular flexibility index (Phi) is 7.34. The number of carbonyl (C=O) groups is 1. The van der Waals surface area contributed by atoms with Crippen molar-refractivity contribution in [3.05, 3.63) is 101 Å². The summed E-state index contributed by atoms with van der Waals surface area (Å²) in [6.07, 6.45) is 10.1. The van der Waals surface area contributed by atoms with E-state index >= 15 is 0 Å². The Labute approximate surface area is 240 Å². The molecule has 1 N–H and O–H groups in total. The maximum absolute atomic E-state index is 14.8. The Hall–Kier alpha value is -5.13. The van der Waals surface area contributed by atoms with E-state index in [1.807, 2.05) is 24.3 Å². The Morgan fingerprint density at radius 3 is 2.60 bits per heavy atom. The van der Waals surface area contributed by atoms with Gasteiger partial charge in [-0.3, -0.25) is 9.48 Å². The topological polar surface area (TPSA) is 107 Å². The molecular formula is C30H27F2N7O3. The summed E-state index contributed by atoms with van der Waals surface area (Å²) >= 11 is 0. The van der Waals surface area contributed by atoms with E-state index in [2.05, 4.69) is 25.6 Å². The summed E-state index contributed by atoms with van der Waals surface area (Å²) in [5.41, 5.74) is 1.73. The lowest BCUT2D eigenvalue weighted by Crippen LogP contribution is -2.24. The fraction of sp³-hybridized carbons (Fsp3) is 0.233. The lowest BCUT2D eigenvalue weighted by molar-refractivity contribution is 0.0765. The Bertz CT molecular complexity index is 1690. The number of aromatic nitrogens is 5. The minimum atomic E-state index is -0.794. The van der Waals surface area contributed by atoms with Gasteiger partial charge in [-0.1, -0.05) is 23.4 Å². The van der Waals surface area contributed by atoms with Crippen LogP contribution in [-0.4, -0.2) is 50.0 Å². The first-order chi connectivity index (χ1) is 20.4. The highest BCUT2D eigenvalue weighted by molar-refractivity contribution is 6.02. The third-order valence-electron chi connectivity index (χ3n) is 7.21. The van der Waals surface area contributed by atoms with E-state index in [-0.39, 0.29) is 47.7 Å². The minimum absolute atomic E-state index is 0.124. The summed E-state index contributed by atoms with van der Waals surface area (Å²) in [6, 6.07) is 8.94. The van der Waals surface area contributed by atoms with Gasteiger partial charge in [-0.25, -0.2) is 18.7 Å². The summed E-state index contributed by atoms with van der Waals surface area (Å²) in [6.45, 7) is 1.01. The Morgan fingerprint density at radius 1 is 1.07 bits per heavy atom. The molecule has 0 radical (unpaired) electrons. The predicted molar refractivity (Wildman–Crippen MR) is 149 cm³/mol. The average molecular weight is 572 g/mol. The molecule has 42 heavy (non-hydrogen) atoms. The van der Waals surface area contributed by atoms with E-state index in [9.17, 15) is 13.6 Å². The number of halogens is 2. The summed E-state index contributed by atoms with van der Waals surface area (Å²) in [5, 5.41) is 11.1. The summed E-state index contributed by atoms with van der Waals surface area (Å²) in [5.74, 6) is -0.475. The second kappa shape index (κ2) is 11.4. The van der Waals surface area contributed by atoms with Crippen molar-refractivity contribution in [2.45, 2.75) is 26.1 Å². The van der Waals surface area contributed by atoms with E-state index < -0.39 is 11.6 Å². The van der Waals surface area contributed by atoms with E-state index in [0.717, 1.165) is 17.7 Å². The molecule has 1 atom stereocenters. The van der Waals surface area contributed by atoms with Crippen LogP contribution in [0.4, 0.5) is 14.6 Å². The monoisotopic (exact) mass is 571 g/mol. The maximum Gasteiger partial charge on any atom is 0.260 e. The number of carbonyl (C=O) groups excluding carboxylic acids is 1. The number of hydrogen-bond acceptors (Lipinski definition) is 8. The van der Waals surface area contributed by atoms with Crippen molar-refractivity contribution in [3.63, 3.8) is 0 Å². The number of rotatable bonds is 9. The van der Waals surface area contributed by atoms with Crippen molar-refractivity contribution in [1.82, 2.24) is 29.9 Å². The Balaban J connectivity index is 1.32. The molecular weight excluding hydrogens is 544 g/mol. The van der Waals surface area contributed by atoms with Gasteiger partial charge in [-0.2, -0.15) is 0 Å². The molecule has 0 saturated heterocycles. The van der Waals surface area contributed by atoms with Gasteiger partial charge in [-0.15, -0.1) is 5.10 Å². The third kappa shape index (κ3) is 5.30. The lowest BCUT2D eigenvalue weighted by atomic mass is 9.99. The predicted octanol–water partition coefficient (Wildman–Crippen LogP) is 4.76. The number of fused-ring (bicyclic) bond motifs is 1. The molecule has 3 heterocycles. The molecule has 12 heteroatoms. The molecule has 10 nitrogen and oxygen atoms in total. The highest BCUT2D eigenvalue weighted by atomic mass is 19.1. The second-order valence-corrected chi connectivity index (χ2v) is 9.92. The molecule has 2 aromatic heterocycles. The number of benzene rings is 2. The largest absolute Gasteiger partial charge is 0.497 e. The van der Waals surface area contributed by atoms with Gasteiger partial charge in [0.15, 0.2) is 5.82 Å². The molecule has 0 spiro atoms. The maximum atomic E-state index is 14.8. The molecule has 0 bridgehead atoms. The van der Waals surface area contributed by atoms with E-state index in [1.54, 1.807) is 48.3 Å². The fourth-order valence-electron chi connectivity index (χ4n) is 5.09. The number of amides is 1. The van der Waals surface area contributed by atoms with Crippen LogP contribution in [-0.2, 0) is 19.6 Å². The van der Waals surface area contributed by atoms with Crippen LogP contribution < -0.4 is 14.8 Å². The number of methoxy groups -OCH3 is 2. The second-order valence-electron chi connectivity index (χ2n) is 9.92. The molecule has 1 unspecified atom stereocenters. The number of ether oxygens (including phenoxy) is 2. The first-order valence-corrected chi connectivity index (χ1v) is 13.3. The van der Waals surface area contributed by atoms with Gasteiger partial charge in [0.1, 0.15) is 34.5 Å². The van der Waals surface area contributed by atoms with E-state index in [4.69, 9.17) is 9.47 Å². The van der Waals surface area contributed by atoms with Crippen LogP contribution in [0.25, 0.3) is 11.4 Å². The lowest BCUT2D eigenvalue weighted by Gasteiger charge is -2.19. The number of nitrogens with one attached hydrogen (secondary N) is 1. The SMILES string of the molecule is COc1ccc(CN2Cc3nc(-c4c(F)cccc4F)nc(NC4=CCC(Cn5ccnn5)C=C4)c3C2=O)c(OC)c1. The van der Waals surface area contributed by atoms with Gasteiger partial charge < -0.3 is 19.7 Å². The first-order valence-electron chi connectivity index (χ1n) is 13.3. The third-order valence-corrected chi connectivity index (χ3v) is 7.21. The quantitative estimate of drug-likeness (QED) is 0.307. The smallest absolute Gasteiger partial charge is 0.260 e. The van der Waals surface area contributed by atoms with Gasteiger partial charge in [-0.05, 0) is 36.8 Å².